The molecule has 3 aromatic carbocycles. The number of sulfonamides is 1. The van der Waals surface area contributed by atoms with Crippen LogP contribution in [0.25, 0.3) is 0 Å². The smallest absolute Gasteiger partial charge is 0.268 e. The second-order valence-corrected chi connectivity index (χ2v) is 10.6. The van der Waals surface area contributed by atoms with E-state index in [1.54, 1.807) is 55.5 Å². The highest BCUT2D eigenvalue weighted by atomic mass is 35.5. The fourth-order valence-electron chi connectivity index (χ4n) is 3.41. The number of carbonyl (C=O) groups excluding carboxylic acids is 1. The molecule has 3 rings (SSSR count). The number of carbonyl (C=O) groups is 1. The maximum absolute atomic E-state index is 13.8. The van der Waals surface area contributed by atoms with Gasteiger partial charge in [0.05, 0.1) is 18.8 Å². The summed E-state index contributed by atoms with van der Waals surface area (Å²) in [5.74, 6) is -0.293. The van der Waals surface area contributed by atoms with Crippen molar-refractivity contribution in [2.24, 2.45) is 0 Å². The minimum Gasteiger partial charge on any atom is -0.495 e. The van der Waals surface area contributed by atoms with Crippen LogP contribution in [0.2, 0.25) is 10.0 Å². The molecule has 9 heteroatoms. The molecule has 1 unspecified atom stereocenters. The van der Waals surface area contributed by atoms with Crippen LogP contribution in [0.3, 0.4) is 0 Å². The Bertz CT molecular complexity index is 1290. The first-order valence-electron chi connectivity index (χ1n) is 10.5. The van der Waals surface area contributed by atoms with E-state index in [0.29, 0.717) is 10.0 Å². The van der Waals surface area contributed by atoms with Crippen LogP contribution in [0.1, 0.15) is 29.7 Å². The van der Waals surface area contributed by atoms with Crippen molar-refractivity contribution in [3.8, 4) is 5.75 Å². The Morgan fingerprint density at radius 1 is 1.03 bits per heavy atom. The van der Waals surface area contributed by atoms with E-state index < -0.39 is 22.5 Å². The van der Waals surface area contributed by atoms with Gasteiger partial charge in [0, 0.05) is 10.0 Å². The number of benzene rings is 3. The van der Waals surface area contributed by atoms with E-state index >= 15 is 0 Å². The predicted octanol–water partition coefficient (Wildman–Crippen LogP) is 5.69. The van der Waals surface area contributed by atoms with Crippen LogP contribution >= 0.6 is 23.2 Å². The third-order valence-electron chi connectivity index (χ3n) is 5.37. The van der Waals surface area contributed by atoms with Crippen molar-refractivity contribution in [1.82, 2.24) is 5.32 Å². The molecule has 0 bridgehead atoms. The lowest BCUT2D eigenvalue weighted by Crippen LogP contribution is -2.41. The minimum atomic E-state index is -4.18. The number of hydrogen-bond acceptors (Lipinski definition) is 4. The summed E-state index contributed by atoms with van der Waals surface area (Å²) in [4.78, 5) is 13.0. The SMILES string of the molecule is COc1ccc(C)cc1S(=O)(=O)N(CC(=O)NC(C)c1ccc(Cl)cc1)c1ccc(C)c(Cl)c1. The summed E-state index contributed by atoms with van der Waals surface area (Å²) in [6.07, 6.45) is 0. The van der Waals surface area contributed by atoms with Crippen molar-refractivity contribution in [2.45, 2.75) is 31.7 Å². The van der Waals surface area contributed by atoms with Crippen LogP contribution < -0.4 is 14.4 Å². The van der Waals surface area contributed by atoms with Crippen molar-refractivity contribution >= 4 is 44.8 Å². The fourth-order valence-corrected chi connectivity index (χ4v) is 5.37. The summed E-state index contributed by atoms with van der Waals surface area (Å²) in [6, 6.07) is 16.4. The zero-order valence-electron chi connectivity index (χ0n) is 19.3. The highest BCUT2D eigenvalue weighted by Gasteiger charge is 2.31. The van der Waals surface area contributed by atoms with Crippen molar-refractivity contribution in [2.75, 3.05) is 18.0 Å². The fraction of sp³-hybridized carbons (Fsp3) is 0.240. The molecule has 0 aliphatic heterocycles. The van der Waals surface area contributed by atoms with Gasteiger partial charge in [0.15, 0.2) is 0 Å². The summed E-state index contributed by atoms with van der Waals surface area (Å²) < 4.78 is 33.9. The first kappa shape index (κ1) is 25.9. The summed E-state index contributed by atoms with van der Waals surface area (Å²) in [5, 5.41) is 3.83. The van der Waals surface area contributed by atoms with Crippen LogP contribution in [0, 0.1) is 13.8 Å². The number of nitrogens with one attached hydrogen (secondary N) is 1. The number of methoxy groups -OCH3 is 1. The lowest BCUT2D eigenvalue weighted by atomic mass is 10.1. The zero-order valence-corrected chi connectivity index (χ0v) is 21.6. The Hall–Kier alpha value is -2.74. The molecule has 0 saturated heterocycles. The Labute approximate surface area is 210 Å². The zero-order chi connectivity index (χ0) is 25.0. The monoisotopic (exact) mass is 520 g/mol. The minimum absolute atomic E-state index is 0.0368. The van der Waals surface area contributed by atoms with Crippen molar-refractivity contribution in [3.63, 3.8) is 0 Å². The second-order valence-electron chi connectivity index (χ2n) is 7.94. The van der Waals surface area contributed by atoms with Crippen LogP contribution in [-0.4, -0.2) is 28.0 Å². The lowest BCUT2D eigenvalue weighted by molar-refractivity contribution is -0.120. The van der Waals surface area contributed by atoms with Crippen LogP contribution in [-0.2, 0) is 14.8 Å². The molecule has 3 aromatic rings. The lowest BCUT2D eigenvalue weighted by Gasteiger charge is -2.26. The van der Waals surface area contributed by atoms with Crippen molar-refractivity contribution < 1.29 is 17.9 Å². The van der Waals surface area contributed by atoms with Crippen molar-refractivity contribution in [1.29, 1.82) is 0 Å². The molecule has 0 spiro atoms. The molecule has 0 heterocycles. The maximum atomic E-state index is 13.8. The number of halogens is 2. The van der Waals surface area contributed by atoms with Gasteiger partial charge in [0.1, 0.15) is 17.2 Å². The molecule has 0 saturated carbocycles. The van der Waals surface area contributed by atoms with Crippen molar-refractivity contribution in [3.05, 3.63) is 87.4 Å². The molecule has 0 aromatic heterocycles. The molecule has 1 atom stereocenters. The molecule has 180 valence electrons. The third-order valence-corrected chi connectivity index (χ3v) is 7.82. The van der Waals surface area contributed by atoms with E-state index in [9.17, 15) is 13.2 Å². The molecule has 1 amide bonds. The normalized spacial score (nSPS) is 12.2. The number of rotatable bonds is 8. The van der Waals surface area contributed by atoms with Gasteiger partial charge >= 0.3 is 0 Å². The second kappa shape index (κ2) is 10.7. The van der Waals surface area contributed by atoms with E-state index in [-0.39, 0.29) is 22.4 Å². The van der Waals surface area contributed by atoms with Gasteiger partial charge in [0.2, 0.25) is 5.91 Å². The molecule has 0 radical (unpaired) electrons. The molecular weight excluding hydrogens is 495 g/mol. The number of hydrogen-bond donors (Lipinski definition) is 1. The molecule has 6 nitrogen and oxygen atoms in total. The molecule has 0 aliphatic carbocycles. The maximum Gasteiger partial charge on any atom is 0.268 e. The average molecular weight is 521 g/mol. The van der Waals surface area contributed by atoms with Gasteiger partial charge < -0.3 is 10.1 Å². The molecule has 0 fully saturated rings. The number of amides is 1. The summed E-state index contributed by atoms with van der Waals surface area (Å²) in [7, 11) is -2.78. The van der Waals surface area contributed by atoms with E-state index in [1.165, 1.54) is 19.2 Å². The Morgan fingerprint density at radius 3 is 2.32 bits per heavy atom. The van der Waals surface area contributed by atoms with Crippen LogP contribution in [0.15, 0.2) is 65.6 Å². The predicted molar refractivity (Wildman–Crippen MR) is 136 cm³/mol. The molecule has 0 aliphatic rings. The molecule has 34 heavy (non-hydrogen) atoms. The van der Waals surface area contributed by atoms with Gasteiger partial charge in [-0.3, -0.25) is 9.10 Å². The van der Waals surface area contributed by atoms with E-state index in [0.717, 1.165) is 21.0 Å². The van der Waals surface area contributed by atoms with Crippen LogP contribution in [0.5, 0.6) is 5.75 Å². The highest BCUT2D eigenvalue weighted by molar-refractivity contribution is 7.93. The topological polar surface area (TPSA) is 75.7 Å². The summed E-state index contributed by atoms with van der Waals surface area (Å²) in [6.45, 7) is 4.96. The standard InChI is InChI=1S/C25H26Cl2N2O4S/c1-16-5-12-23(33-4)24(13-16)34(31,32)29(21-11-6-17(2)22(27)14-21)15-25(30)28-18(3)19-7-9-20(26)10-8-19/h5-14,18H,15H2,1-4H3,(H,28,30). The Morgan fingerprint density at radius 2 is 1.71 bits per heavy atom. The number of aryl methyl sites for hydroxylation is 2. The third kappa shape index (κ3) is 5.84. The van der Waals surface area contributed by atoms with Gasteiger partial charge in [-0.05, 0) is 73.9 Å². The van der Waals surface area contributed by atoms with E-state index in [2.05, 4.69) is 5.32 Å². The van der Waals surface area contributed by atoms with Crippen LogP contribution in [0.4, 0.5) is 5.69 Å². The number of ether oxygens (including phenoxy) is 1. The first-order valence-corrected chi connectivity index (χ1v) is 12.7. The number of nitrogens with zero attached hydrogens (tertiary/aromatic N) is 1. The molecule has 1 N–H and O–H groups in total. The largest absolute Gasteiger partial charge is 0.495 e. The van der Waals surface area contributed by atoms with Gasteiger partial charge in [-0.25, -0.2) is 8.42 Å². The first-order chi connectivity index (χ1) is 16.0. The number of anilines is 1. The summed E-state index contributed by atoms with van der Waals surface area (Å²) >= 11 is 12.2. The van der Waals surface area contributed by atoms with E-state index in [1.807, 2.05) is 13.8 Å². The van der Waals surface area contributed by atoms with Gasteiger partial charge in [-0.2, -0.15) is 0 Å². The Kier molecular flexibility index (Phi) is 8.13. The van der Waals surface area contributed by atoms with Gasteiger partial charge in [-0.15, -0.1) is 0 Å². The highest BCUT2D eigenvalue weighted by Crippen LogP contribution is 2.32. The van der Waals surface area contributed by atoms with Gasteiger partial charge in [-0.1, -0.05) is 47.5 Å². The average Bonchev–Trinajstić information content (AvgIpc) is 2.79. The quantitative estimate of drug-likeness (QED) is 0.413. The molecular formula is C25H26Cl2N2O4S. The van der Waals surface area contributed by atoms with E-state index in [4.69, 9.17) is 27.9 Å². The Balaban J connectivity index is 1.99. The van der Waals surface area contributed by atoms with Gasteiger partial charge in [0.25, 0.3) is 10.0 Å². The summed E-state index contributed by atoms with van der Waals surface area (Å²) in [5.41, 5.74) is 2.64.